The van der Waals surface area contributed by atoms with Crippen LogP contribution >= 0.6 is 0 Å². The molecule has 2 aliphatic carbocycles. The molecule has 4 heteroatoms. The Hall–Kier alpha value is -1.32. The third-order valence-corrected chi connectivity index (χ3v) is 4.59. The quantitative estimate of drug-likeness (QED) is 0.822. The van der Waals surface area contributed by atoms with Gasteiger partial charge in [0.05, 0.1) is 0 Å². The molecule has 0 saturated heterocycles. The van der Waals surface area contributed by atoms with Gasteiger partial charge in [0.25, 0.3) is 0 Å². The van der Waals surface area contributed by atoms with Gasteiger partial charge in [-0.05, 0) is 39.0 Å². The summed E-state index contributed by atoms with van der Waals surface area (Å²) < 4.78 is 0. The standard InChI is InChI=1S/C17H28N4/c1-3-11-18-15-12(2)16(19-14-7-5-4-6-8-14)21-17(20-15)13-9-10-13/h13-14H,3-11H2,1-2H3,(H2,18,19,20,21). The highest BCUT2D eigenvalue weighted by Crippen LogP contribution is 2.39. The Morgan fingerprint density at radius 1 is 1.00 bits per heavy atom. The Morgan fingerprint density at radius 3 is 2.38 bits per heavy atom. The number of hydrogen-bond donors (Lipinski definition) is 2. The first-order valence-electron chi connectivity index (χ1n) is 8.67. The minimum absolute atomic E-state index is 0.596. The van der Waals surface area contributed by atoms with Gasteiger partial charge in [0.2, 0.25) is 0 Å². The summed E-state index contributed by atoms with van der Waals surface area (Å²) in [4.78, 5) is 9.60. The van der Waals surface area contributed by atoms with E-state index in [1.165, 1.54) is 50.5 Å². The zero-order valence-corrected chi connectivity index (χ0v) is 13.4. The smallest absolute Gasteiger partial charge is 0.136 e. The topological polar surface area (TPSA) is 49.8 Å². The Bertz CT molecular complexity index is 476. The van der Waals surface area contributed by atoms with Crippen LogP contribution in [0.5, 0.6) is 0 Å². The summed E-state index contributed by atoms with van der Waals surface area (Å²) in [5, 5.41) is 7.17. The first-order chi connectivity index (χ1) is 10.3. The van der Waals surface area contributed by atoms with Crippen LogP contribution in [0.1, 0.15) is 75.6 Å². The van der Waals surface area contributed by atoms with Gasteiger partial charge in [-0.25, -0.2) is 9.97 Å². The van der Waals surface area contributed by atoms with Crippen LogP contribution < -0.4 is 10.6 Å². The van der Waals surface area contributed by atoms with E-state index in [2.05, 4.69) is 24.5 Å². The molecule has 1 heterocycles. The molecule has 0 aliphatic heterocycles. The molecule has 2 aliphatic rings. The number of nitrogens with one attached hydrogen (secondary N) is 2. The highest BCUT2D eigenvalue weighted by atomic mass is 15.1. The summed E-state index contributed by atoms with van der Waals surface area (Å²) in [5.41, 5.74) is 1.18. The molecule has 0 unspecified atom stereocenters. The maximum absolute atomic E-state index is 4.83. The fraction of sp³-hybridized carbons (Fsp3) is 0.765. The van der Waals surface area contributed by atoms with Crippen molar-refractivity contribution in [1.29, 1.82) is 0 Å². The molecule has 2 saturated carbocycles. The van der Waals surface area contributed by atoms with Crippen molar-refractivity contribution < 1.29 is 0 Å². The van der Waals surface area contributed by atoms with Crippen molar-refractivity contribution >= 4 is 11.6 Å². The lowest BCUT2D eigenvalue weighted by Gasteiger charge is -2.25. The molecular weight excluding hydrogens is 260 g/mol. The number of aromatic nitrogens is 2. The fourth-order valence-electron chi connectivity index (χ4n) is 3.05. The highest BCUT2D eigenvalue weighted by Gasteiger charge is 2.28. The van der Waals surface area contributed by atoms with E-state index in [0.29, 0.717) is 12.0 Å². The first kappa shape index (κ1) is 14.6. The predicted octanol–water partition coefficient (Wildman–Crippen LogP) is 4.23. The van der Waals surface area contributed by atoms with Gasteiger partial charge >= 0.3 is 0 Å². The Balaban J connectivity index is 1.80. The number of nitrogens with zero attached hydrogens (tertiary/aromatic N) is 2. The maximum atomic E-state index is 4.83. The van der Waals surface area contributed by atoms with E-state index in [4.69, 9.17) is 9.97 Å². The fourth-order valence-corrected chi connectivity index (χ4v) is 3.05. The van der Waals surface area contributed by atoms with Crippen LogP contribution in [0, 0.1) is 6.92 Å². The monoisotopic (exact) mass is 288 g/mol. The van der Waals surface area contributed by atoms with E-state index >= 15 is 0 Å². The molecular formula is C17H28N4. The molecule has 0 spiro atoms. The minimum Gasteiger partial charge on any atom is -0.370 e. The van der Waals surface area contributed by atoms with Crippen LogP contribution in [0.3, 0.4) is 0 Å². The zero-order chi connectivity index (χ0) is 14.7. The van der Waals surface area contributed by atoms with Crippen LogP contribution in [0.15, 0.2) is 0 Å². The molecule has 3 rings (SSSR count). The van der Waals surface area contributed by atoms with Gasteiger partial charge in [-0.15, -0.1) is 0 Å². The van der Waals surface area contributed by atoms with E-state index in [1.807, 2.05) is 0 Å². The first-order valence-corrected chi connectivity index (χ1v) is 8.67. The minimum atomic E-state index is 0.596. The molecule has 0 radical (unpaired) electrons. The van der Waals surface area contributed by atoms with Gasteiger partial charge in [0, 0.05) is 24.1 Å². The predicted molar refractivity (Wildman–Crippen MR) is 88.0 cm³/mol. The van der Waals surface area contributed by atoms with Crippen molar-refractivity contribution in [2.45, 2.75) is 77.2 Å². The van der Waals surface area contributed by atoms with Crippen LogP contribution in [0.2, 0.25) is 0 Å². The molecule has 1 aromatic heterocycles. The van der Waals surface area contributed by atoms with Gasteiger partial charge in [0.15, 0.2) is 0 Å². The average molecular weight is 288 g/mol. The Labute approximate surface area is 128 Å². The van der Waals surface area contributed by atoms with E-state index in [0.717, 1.165) is 30.4 Å². The van der Waals surface area contributed by atoms with Gasteiger partial charge in [-0.2, -0.15) is 0 Å². The number of anilines is 2. The lowest BCUT2D eigenvalue weighted by Crippen LogP contribution is -2.24. The molecule has 116 valence electrons. The molecule has 0 aromatic carbocycles. The molecule has 4 nitrogen and oxygen atoms in total. The van der Waals surface area contributed by atoms with E-state index in [-0.39, 0.29) is 0 Å². The molecule has 0 amide bonds. The summed E-state index contributed by atoms with van der Waals surface area (Å²) in [6.07, 6.45) is 10.2. The van der Waals surface area contributed by atoms with Crippen LogP contribution in [-0.4, -0.2) is 22.6 Å². The van der Waals surface area contributed by atoms with Gasteiger partial charge in [0.1, 0.15) is 17.5 Å². The van der Waals surface area contributed by atoms with Crippen molar-refractivity contribution in [1.82, 2.24) is 9.97 Å². The largest absolute Gasteiger partial charge is 0.370 e. The van der Waals surface area contributed by atoms with Crippen LogP contribution in [0.4, 0.5) is 11.6 Å². The van der Waals surface area contributed by atoms with Gasteiger partial charge < -0.3 is 10.6 Å². The average Bonchev–Trinajstić information content (AvgIpc) is 3.34. The summed E-state index contributed by atoms with van der Waals surface area (Å²) in [6.45, 7) is 5.30. The number of hydrogen-bond acceptors (Lipinski definition) is 4. The van der Waals surface area contributed by atoms with E-state index < -0.39 is 0 Å². The normalized spacial score (nSPS) is 19.5. The lowest BCUT2D eigenvalue weighted by molar-refractivity contribution is 0.461. The lowest BCUT2D eigenvalue weighted by atomic mass is 9.95. The summed E-state index contributed by atoms with van der Waals surface area (Å²) >= 11 is 0. The summed E-state index contributed by atoms with van der Waals surface area (Å²) in [5.74, 6) is 3.74. The second-order valence-corrected chi connectivity index (χ2v) is 6.58. The summed E-state index contributed by atoms with van der Waals surface area (Å²) in [6, 6.07) is 0.596. The molecule has 21 heavy (non-hydrogen) atoms. The van der Waals surface area contributed by atoms with Crippen LogP contribution in [-0.2, 0) is 0 Å². The zero-order valence-electron chi connectivity index (χ0n) is 13.4. The highest BCUT2D eigenvalue weighted by molar-refractivity contribution is 5.58. The van der Waals surface area contributed by atoms with Gasteiger partial charge in [-0.1, -0.05) is 26.2 Å². The van der Waals surface area contributed by atoms with Crippen molar-refractivity contribution in [3.8, 4) is 0 Å². The van der Waals surface area contributed by atoms with E-state index in [9.17, 15) is 0 Å². The van der Waals surface area contributed by atoms with Crippen molar-refractivity contribution in [2.75, 3.05) is 17.2 Å². The molecule has 0 bridgehead atoms. The molecule has 0 atom stereocenters. The molecule has 1 aromatic rings. The van der Waals surface area contributed by atoms with Crippen molar-refractivity contribution in [3.63, 3.8) is 0 Å². The van der Waals surface area contributed by atoms with Crippen LogP contribution in [0.25, 0.3) is 0 Å². The van der Waals surface area contributed by atoms with Gasteiger partial charge in [-0.3, -0.25) is 0 Å². The van der Waals surface area contributed by atoms with Crippen molar-refractivity contribution in [3.05, 3.63) is 11.4 Å². The third kappa shape index (κ3) is 3.66. The van der Waals surface area contributed by atoms with Crippen molar-refractivity contribution in [2.24, 2.45) is 0 Å². The van der Waals surface area contributed by atoms with E-state index in [1.54, 1.807) is 0 Å². The SMILES string of the molecule is CCCNc1nc(C2CC2)nc(NC2CCCCC2)c1C. The number of rotatable bonds is 6. The summed E-state index contributed by atoms with van der Waals surface area (Å²) in [7, 11) is 0. The maximum Gasteiger partial charge on any atom is 0.136 e. The Morgan fingerprint density at radius 2 is 1.71 bits per heavy atom. The second kappa shape index (κ2) is 6.63. The third-order valence-electron chi connectivity index (χ3n) is 4.59. The Kier molecular flexibility index (Phi) is 4.61. The molecule has 2 N–H and O–H groups in total. The molecule has 2 fully saturated rings. The second-order valence-electron chi connectivity index (χ2n) is 6.58.